The summed E-state index contributed by atoms with van der Waals surface area (Å²) in [5.41, 5.74) is 0.433. The van der Waals surface area contributed by atoms with E-state index >= 15 is 0 Å². The van der Waals surface area contributed by atoms with Crippen molar-refractivity contribution in [2.45, 2.75) is 6.61 Å². The molecule has 0 fully saturated rings. The molecule has 1 N–H and O–H groups in total. The molecule has 8 nitrogen and oxygen atoms in total. The number of methoxy groups -OCH3 is 1. The van der Waals surface area contributed by atoms with Crippen molar-refractivity contribution in [3.8, 4) is 11.5 Å². The van der Waals surface area contributed by atoms with Gasteiger partial charge in [0.1, 0.15) is 23.9 Å². The lowest BCUT2D eigenvalue weighted by Crippen LogP contribution is -2.10. The first kappa shape index (κ1) is 19.2. The first-order valence-electron chi connectivity index (χ1n) is 8.07. The molecule has 0 aliphatic rings. The molecule has 0 spiro atoms. The van der Waals surface area contributed by atoms with Crippen LogP contribution >= 0.6 is 11.6 Å². The van der Waals surface area contributed by atoms with Gasteiger partial charge in [-0.25, -0.2) is 0 Å². The SMILES string of the molecule is COc1cccc(NC(=O)c2ccc(COc3ccc([N+](=O)[O-])cc3Cl)o2)c1. The summed E-state index contributed by atoms with van der Waals surface area (Å²) in [4.78, 5) is 22.5. The zero-order valence-corrected chi connectivity index (χ0v) is 15.4. The molecule has 1 amide bonds. The fraction of sp³-hybridized carbons (Fsp3) is 0.105. The van der Waals surface area contributed by atoms with E-state index in [1.165, 1.54) is 31.4 Å². The number of nitro benzene ring substituents is 1. The Morgan fingerprint density at radius 2 is 2.04 bits per heavy atom. The van der Waals surface area contributed by atoms with E-state index in [0.717, 1.165) is 0 Å². The van der Waals surface area contributed by atoms with E-state index in [4.69, 9.17) is 25.5 Å². The van der Waals surface area contributed by atoms with Crippen LogP contribution in [0.25, 0.3) is 0 Å². The topological polar surface area (TPSA) is 104 Å². The summed E-state index contributed by atoms with van der Waals surface area (Å²) >= 11 is 5.98. The third kappa shape index (κ3) is 4.60. The molecule has 0 radical (unpaired) electrons. The van der Waals surface area contributed by atoms with Gasteiger partial charge in [0.2, 0.25) is 0 Å². The quantitative estimate of drug-likeness (QED) is 0.454. The van der Waals surface area contributed by atoms with Crippen molar-refractivity contribution in [2.75, 3.05) is 12.4 Å². The molecule has 0 aliphatic heterocycles. The highest BCUT2D eigenvalue weighted by Gasteiger charge is 2.14. The fourth-order valence-corrected chi connectivity index (χ4v) is 2.57. The summed E-state index contributed by atoms with van der Waals surface area (Å²) in [5, 5.41) is 13.5. The number of carbonyl (C=O) groups excluding carboxylic acids is 1. The van der Waals surface area contributed by atoms with Crippen LogP contribution in [0.2, 0.25) is 5.02 Å². The number of benzene rings is 2. The number of nitro groups is 1. The number of hydrogen-bond acceptors (Lipinski definition) is 6. The third-order valence-electron chi connectivity index (χ3n) is 3.71. The van der Waals surface area contributed by atoms with Gasteiger partial charge in [-0.05, 0) is 30.3 Å². The predicted molar refractivity (Wildman–Crippen MR) is 102 cm³/mol. The smallest absolute Gasteiger partial charge is 0.291 e. The van der Waals surface area contributed by atoms with Gasteiger partial charge in [0.05, 0.1) is 17.1 Å². The van der Waals surface area contributed by atoms with Crippen molar-refractivity contribution in [3.63, 3.8) is 0 Å². The number of anilines is 1. The lowest BCUT2D eigenvalue weighted by atomic mass is 10.3. The molecule has 0 atom stereocenters. The second-order valence-electron chi connectivity index (χ2n) is 5.61. The molecule has 2 aromatic carbocycles. The number of nitrogens with one attached hydrogen (secondary N) is 1. The first-order chi connectivity index (χ1) is 13.5. The van der Waals surface area contributed by atoms with E-state index < -0.39 is 10.8 Å². The van der Waals surface area contributed by atoms with Crippen LogP contribution in [-0.4, -0.2) is 17.9 Å². The van der Waals surface area contributed by atoms with Crippen LogP contribution in [0.15, 0.2) is 59.0 Å². The Labute approximate surface area is 164 Å². The molecule has 3 rings (SSSR count). The summed E-state index contributed by atoms with van der Waals surface area (Å²) in [6.45, 7) is 0.00394. The van der Waals surface area contributed by atoms with Crippen LogP contribution in [0.5, 0.6) is 11.5 Å². The molecular weight excluding hydrogens is 388 g/mol. The van der Waals surface area contributed by atoms with Crippen molar-refractivity contribution < 1.29 is 23.6 Å². The monoisotopic (exact) mass is 402 g/mol. The lowest BCUT2D eigenvalue weighted by molar-refractivity contribution is -0.384. The summed E-state index contributed by atoms with van der Waals surface area (Å²) < 4.78 is 16.1. The molecule has 0 bridgehead atoms. The summed E-state index contributed by atoms with van der Waals surface area (Å²) in [5.74, 6) is 0.964. The molecule has 0 aliphatic carbocycles. The second kappa shape index (κ2) is 8.45. The van der Waals surface area contributed by atoms with Gasteiger partial charge in [-0.15, -0.1) is 0 Å². The van der Waals surface area contributed by atoms with Crippen LogP contribution in [-0.2, 0) is 6.61 Å². The van der Waals surface area contributed by atoms with E-state index in [9.17, 15) is 14.9 Å². The molecule has 0 unspecified atom stereocenters. The highest BCUT2D eigenvalue weighted by Crippen LogP contribution is 2.29. The largest absolute Gasteiger partial charge is 0.497 e. The third-order valence-corrected chi connectivity index (χ3v) is 4.00. The summed E-state index contributed by atoms with van der Waals surface area (Å²) in [6.07, 6.45) is 0. The van der Waals surface area contributed by atoms with Gasteiger partial charge >= 0.3 is 0 Å². The van der Waals surface area contributed by atoms with Crippen LogP contribution in [0.4, 0.5) is 11.4 Å². The number of non-ortho nitro benzene ring substituents is 1. The Morgan fingerprint density at radius 1 is 1.21 bits per heavy atom. The maximum Gasteiger partial charge on any atom is 0.291 e. The predicted octanol–water partition coefficient (Wildman–Crippen LogP) is 4.68. The van der Waals surface area contributed by atoms with Crippen molar-refractivity contribution in [3.05, 3.63) is 81.3 Å². The number of ether oxygens (including phenoxy) is 2. The number of rotatable bonds is 7. The molecule has 0 saturated carbocycles. The number of carbonyl (C=O) groups is 1. The van der Waals surface area contributed by atoms with Crippen LogP contribution < -0.4 is 14.8 Å². The Hall–Kier alpha value is -3.52. The normalized spacial score (nSPS) is 10.4. The average Bonchev–Trinajstić information content (AvgIpc) is 3.16. The Morgan fingerprint density at radius 3 is 2.75 bits per heavy atom. The minimum Gasteiger partial charge on any atom is -0.497 e. The maximum atomic E-state index is 12.3. The number of amides is 1. The van der Waals surface area contributed by atoms with Gasteiger partial charge in [-0.1, -0.05) is 17.7 Å². The van der Waals surface area contributed by atoms with Crippen LogP contribution in [0.1, 0.15) is 16.3 Å². The molecular formula is C19H15ClN2O6. The molecule has 3 aromatic rings. The number of nitrogens with zero attached hydrogens (tertiary/aromatic N) is 1. The Balaban J connectivity index is 1.62. The number of halogens is 1. The van der Waals surface area contributed by atoms with Crippen molar-refractivity contribution in [2.24, 2.45) is 0 Å². The molecule has 28 heavy (non-hydrogen) atoms. The van der Waals surface area contributed by atoms with Crippen molar-refractivity contribution in [1.29, 1.82) is 0 Å². The van der Waals surface area contributed by atoms with Gasteiger partial charge in [-0.2, -0.15) is 0 Å². The van der Waals surface area contributed by atoms with E-state index in [-0.39, 0.29) is 28.8 Å². The van der Waals surface area contributed by atoms with Crippen LogP contribution in [0, 0.1) is 10.1 Å². The van der Waals surface area contributed by atoms with E-state index in [0.29, 0.717) is 17.2 Å². The minimum atomic E-state index is -0.546. The Bertz CT molecular complexity index is 1020. The number of hydrogen-bond donors (Lipinski definition) is 1. The molecule has 9 heteroatoms. The molecule has 144 valence electrons. The first-order valence-corrected chi connectivity index (χ1v) is 8.45. The zero-order valence-electron chi connectivity index (χ0n) is 14.7. The van der Waals surface area contributed by atoms with Crippen molar-refractivity contribution >= 4 is 28.9 Å². The van der Waals surface area contributed by atoms with Gasteiger partial charge in [-0.3, -0.25) is 14.9 Å². The molecule has 1 heterocycles. The van der Waals surface area contributed by atoms with E-state index in [2.05, 4.69) is 5.32 Å². The van der Waals surface area contributed by atoms with E-state index in [1.807, 2.05) is 0 Å². The summed E-state index contributed by atoms with van der Waals surface area (Å²) in [7, 11) is 1.54. The zero-order chi connectivity index (χ0) is 20.1. The highest BCUT2D eigenvalue weighted by atomic mass is 35.5. The minimum absolute atomic E-state index is 0.00394. The van der Waals surface area contributed by atoms with Gasteiger partial charge in [0, 0.05) is 23.9 Å². The fourth-order valence-electron chi connectivity index (χ4n) is 2.34. The number of furan rings is 1. The second-order valence-corrected chi connectivity index (χ2v) is 6.02. The molecule has 0 saturated heterocycles. The standard InChI is InChI=1S/C19H15ClN2O6/c1-26-14-4-2-3-12(9-14)21-19(23)18-8-6-15(28-18)11-27-17-7-5-13(22(24)25)10-16(17)20/h2-10H,11H2,1H3,(H,21,23). The summed E-state index contributed by atoms with van der Waals surface area (Å²) in [6, 6.07) is 13.9. The van der Waals surface area contributed by atoms with Crippen molar-refractivity contribution in [1.82, 2.24) is 0 Å². The van der Waals surface area contributed by atoms with Crippen LogP contribution in [0.3, 0.4) is 0 Å². The lowest BCUT2D eigenvalue weighted by Gasteiger charge is -2.06. The Kier molecular flexibility index (Phi) is 5.81. The van der Waals surface area contributed by atoms with E-state index in [1.54, 1.807) is 30.3 Å². The highest BCUT2D eigenvalue weighted by molar-refractivity contribution is 6.32. The van der Waals surface area contributed by atoms with Gasteiger partial charge in [0.15, 0.2) is 5.76 Å². The average molecular weight is 403 g/mol. The van der Waals surface area contributed by atoms with Gasteiger partial charge < -0.3 is 19.2 Å². The molecule has 1 aromatic heterocycles. The van der Waals surface area contributed by atoms with Gasteiger partial charge in [0.25, 0.3) is 11.6 Å². The maximum absolute atomic E-state index is 12.3.